The van der Waals surface area contributed by atoms with Crippen LogP contribution in [0.3, 0.4) is 0 Å². The summed E-state index contributed by atoms with van der Waals surface area (Å²) in [6, 6.07) is 2.01. The number of Topliss-reactive ketones (excluding diaryl/α,β-unsaturated/α-hetero) is 1. The third-order valence-electron chi connectivity index (χ3n) is 3.85. The third-order valence-corrected chi connectivity index (χ3v) is 4.68. The van der Waals surface area contributed by atoms with Gasteiger partial charge in [-0.2, -0.15) is 0 Å². The first-order valence-electron chi connectivity index (χ1n) is 6.35. The molecule has 2 rings (SSSR count). The Hall–Kier alpha value is -0.830. The molecule has 1 atom stereocenters. The molecule has 0 radical (unpaired) electrons. The number of carbonyl (C=O) groups excluding carboxylic acids is 1. The Morgan fingerprint density at radius 2 is 2.06 bits per heavy atom. The lowest BCUT2D eigenvalue weighted by Gasteiger charge is -2.18. The highest BCUT2D eigenvalue weighted by atomic mass is 79.9. The van der Waals surface area contributed by atoms with Gasteiger partial charge in [0.2, 0.25) is 0 Å². The second-order valence-electron chi connectivity index (χ2n) is 5.20. The average Bonchev–Trinajstić information content (AvgIpc) is 3.15. The summed E-state index contributed by atoms with van der Waals surface area (Å²) < 4.78 is 6.42. The van der Waals surface area contributed by atoms with Gasteiger partial charge in [0.25, 0.3) is 0 Å². The minimum Gasteiger partial charge on any atom is -0.496 e. The van der Waals surface area contributed by atoms with Crippen LogP contribution in [0.4, 0.5) is 0 Å². The van der Waals surface area contributed by atoms with Gasteiger partial charge in [0.05, 0.1) is 12.7 Å². The Bertz CT molecular complexity index is 490. The van der Waals surface area contributed by atoms with Crippen molar-refractivity contribution in [2.45, 2.75) is 33.6 Å². The summed E-state index contributed by atoms with van der Waals surface area (Å²) in [6.07, 6.45) is 2.36. The van der Waals surface area contributed by atoms with Gasteiger partial charge in [-0.05, 0) is 49.8 Å². The fraction of sp³-hybridized carbons (Fsp3) is 0.533. The molecule has 1 fully saturated rings. The van der Waals surface area contributed by atoms with Crippen molar-refractivity contribution in [1.82, 2.24) is 0 Å². The van der Waals surface area contributed by atoms with Crippen LogP contribution >= 0.6 is 15.9 Å². The zero-order chi connectivity index (χ0) is 13.4. The maximum atomic E-state index is 12.6. The molecule has 0 bridgehead atoms. The van der Waals surface area contributed by atoms with Gasteiger partial charge in [0.1, 0.15) is 5.75 Å². The first kappa shape index (κ1) is 13.6. The van der Waals surface area contributed by atoms with E-state index in [1.165, 1.54) is 12.8 Å². The molecule has 1 aromatic carbocycles. The number of hydrogen-bond acceptors (Lipinski definition) is 2. The van der Waals surface area contributed by atoms with Crippen LogP contribution in [0.1, 0.15) is 41.3 Å². The van der Waals surface area contributed by atoms with Crippen molar-refractivity contribution in [2.75, 3.05) is 7.11 Å². The summed E-state index contributed by atoms with van der Waals surface area (Å²) in [5.74, 6) is 1.62. The van der Waals surface area contributed by atoms with Crippen LogP contribution in [-0.4, -0.2) is 12.9 Å². The summed E-state index contributed by atoms with van der Waals surface area (Å²) in [7, 11) is 1.63. The highest BCUT2D eigenvalue weighted by molar-refractivity contribution is 9.10. The highest BCUT2D eigenvalue weighted by Crippen LogP contribution is 2.41. The highest BCUT2D eigenvalue weighted by Gasteiger charge is 2.35. The van der Waals surface area contributed by atoms with E-state index in [9.17, 15) is 4.79 Å². The van der Waals surface area contributed by atoms with Gasteiger partial charge in [0, 0.05) is 10.4 Å². The van der Waals surface area contributed by atoms with Crippen LogP contribution in [0.15, 0.2) is 10.5 Å². The maximum Gasteiger partial charge on any atom is 0.169 e. The number of methoxy groups -OCH3 is 1. The van der Waals surface area contributed by atoms with Crippen molar-refractivity contribution in [1.29, 1.82) is 0 Å². The van der Waals surface area contributed by atoms with Crippen molar-refractivity contribution in [3.8, 4) is 5.75 Å². The summed E-state index contributed by atoms with van der Waals surface area (Å²) in [4.78, 5) is 12.6. The Kier molecular flexibility index (Phi) is 3.81. The molecule has 2 nitrogen and oxygen atoms in total. The van der Waals surface area contributed by atoms with Gasteiger partial charge in [-0.1, -0.05) is 22.9 Å². The monoisotopic (exact) mass is 310 g/mol. The summed E-state index contributed by atoms with van der Waals surface area (Å²) in [5, 5.41) is 0. The van der Waals surface area contributed by atoms with Gasteiger partial charge in [-0.15, -0.1) is 0 Å². The number of halogens is 1. The van der Waals surface area contributed by atoms with Crippen molar-refractivity contribution in [3.63, 3.8) is 0 Å². The van der Waals surface area contributed by atoms with Crippen LogP contribution in [0.5, 0.6) is 5.75 Å². The summed E-state index contributed by atoms with van der Waals surface area (Å²) in [5.41, 5.74) is 2.74. The minimum absolute atomic E-state index is 0.103. The minimum atomic E-state index is 0.103. The molecule has 1 unspecified atom stereocenters. The van der Waals surface area contributed by atoms with Gasteiger partial charge in [0.15, 0.2) is 5.78 Å². The van der Waals surface area contributed by atoms with E-state index < -0.39 is 0 Å². The van der Waals surface area contributed by atoms with Crippen LogP contribution in [0.2, 0.25) is 0 Å². The standard InChI is InChI=1S/C15H19BrO2/c1-8-7-12(16)10(3)13(15(8)18-4)14(17)9(2)11-5-6-11/h7,9,11H,5-6H2,1-4H3. The molecule has 1 saturated carbocycles. The quantitative estimate of drug-likeness (QED) is 0.775. The molecule has 98 valence electrons. The van der Waals surface area contributed by atoms with Gasteiger partial charge in [-0.25, -0.2) is 0 Å². The van der Waals surface area contributed by atoms with Gasteiger partial charge in [-0.3, -0.25) is 4.79 Å². The van der Waals surface area contributed by atoms with Crippen LogP contribution in [0.25, 0.3) is 0 Å². The fourth-order valence-corrected chi connectivity index (χ4v) is 2.99. The number of ketones is 1. The van der Waals surface area contributed by atoms with Crippen LogP contribution in [-0.2, 0) is 0 Å². The Morgan fingerprint density at radius 3 is 2.56 bits per heavy atom. The van der Waals surface area contributed by atoms with E-state index in [0.29, 0.717) is 5.92 Å². The lowest BCUT2D eigenvalue weighted by molar-refractivity contribution is 0.0912. The molecule has 1 aliphatic rings. The number of aryl methyl sites for hydroxylation is 1. The van der Waals surface area contributed by atoms with E-state index in [0.717, 1.165) is 26.9 Å². The van der Waals surface area contributed by atoms with Gasteiger partial charge < -0.3 is 4.74 Å². The Morgan fingerprint density at radius 1 is 1.44 bits per heavy atom. The predicted octanol–water partition coefficient (Wildman–Crippen LogP) is 4.30. The summed E-state index contributed by atoms with van der Waals surface area (Å²) in [6.45, 7) is 5.98. The number of rotatable bonds is 4. The first-order valence-corrected chi connectivity index (χ1v) is 7.14. The normalized spacial score (nSPS) is 16.5. The molecule has 0 heterocycles. The molecule has 1 aliphatic carbocycles. The lowest BCUT2D eigenvalue weighted by Crippen LogP contribution is -2.16. The molecule has 18 heavy (non-hydrogen) atoms. The predicted molar refractivity (Wildman–Crippen MR) is 76.4 cm³/mol. The molecule has 0 aromatic heterocycles. The fourth-order valence-electron chi connectivity index (χ4n) is 2.45. The zero-order valence-electron chi connectivity index (χ0n) is 11.3. The number of hydrogen-bond donors (Lipinski definition) is 0. The van der Waals surface area contributed by atoms with Crippen molar-refractivity contribution < 1.29 is 9.53 Å². The first-order chi connectivity index (χ1) is 8.47. The summed E-state index contributed by atoms with van der Waals surface area (Å²) >= 11 is 3.52. The van der Waals surface area contributed by atoms with E-state index in [1.54, 1.807) is 7.11 Å². The molecule has 1 aromatic rings. The van der Waals surface area contributed by atoms with Crippen molar-refractivity contribution >= 4 is 21.7 Å². The van der Waals surface area contributed by atoms with Crippen molar-refractivity contribution in [3.05, 3.63) is 27.2 Å². The largest absolute Gasteiger partial charge is 0.496 e. The number of benzene rings is 1. The smallest absolute Gasteiger partial charge is 0.169 e. The zero-order valence-corrected chi connectivity index (χ0v) is 12.9. The second-order valence-corrected chi connectivity index (χ2v) is 6.05. The molecule has 0 saturated heterocycles. The molecule has 3 heteroatoms. The number of carbonyl (C=O) groups is 1. The van der Waals surface area contributed by atoms with Crippen LogP contribution < -0.4 is 4.74 Å². The van der Waals surface area contributed by atoms with E-state index >= 15 is 0 Å². The van der Waals surface area contributed by atoms with Gasteiger partial charge >= 0.3 is 0 Å². The van der Waals surface area contributed by atoms with Crippen molar-refractivity contribution in [2.24, 2.45) is 11.8 Å². The van der Waals surface area contributed by atoms with E-state index in [2.05, 4.69) is 15.9 Å². The number of ether oxygens (including phenoxy) is 1. The average molecular weight is 311 g/mol. The van der Waals surface area contributed by atoms with E-state index in [1.807, 2.05) is 26.8 Å². The lowest BCUT2D eigenvalue weighted by atomic mass is 9.90. The van der Waals surface area contributed by atoms with E-state index in [4.69, 9.17) is 4.74 Å². The van der Waals surface area contributed by atoms with E-state index in [-0.39, 0.29) is 11.7 Å². The third kappa shape index (κ3) is 2.33. The SMILES string of the molecule is COc1c(C)cc(Br)c(C)c1C(=O)C(C)C1CC1. The molecular formula is C15H19BrO2. The molecule has 0 aliphatic heterocycles. The topological polar surface area (TPSA) is 26.3 Å². The molecule has 0 amide bonds. The van der Waals surface area contributed by atoms with Crippen LogP contribution in [0, 0.1) is 25.7 Å². The molecule has 0 N–H and O–H groups in total. The molecule has 0 spiro atoms. The Labute approximate surface area is 117 Å². The maximum absolute atomic E-state index is 12.6. The Balaban J connectivity index is 2.50. The second kappa shape index (κ2) is 5.04. The molecular weight excluding hydrogens is 292 g/mol.